The van der Waals surface area contributed by atoms with Crippen molar-refractivity contribution in [2.45, 2.75) is 25.5 Å². The summed E-state index contributed by atoms with van der Waals surface area (Å²) in [4.78, 5) is 30.5. The number of fused-ring (bicyclic) bond motifs is 1. The molecule has 2 fully saturated rings. The second-order valence-electron chi connectivity index (χ2n) is 10.1. The molecular formula is C29H32N6O3. The average Bonchev–Trinajstić information content (AvgIpc) is 3.79. The van der Waals surface area contributed by atoms with Gasteiger partial charge in [-0.05, 0) is 43.0 Å². The van der Waals surface area contributed by atoms with Gasteiger partial charge in [0.2, 0.25) is 5.95 Å². The molecule has 1 saturated heterocycles. The first-order chi connectivity index (χ1) is 18.6. The number of hydrogen-bond donors (Lipinski definition) is 1. The summed E-state index contributed by atoms with van der Waals surface area (Å²) >= 11 is 0. The van der Waals surface area contributed by atoms with Crippen molar-refractivity contribution in [2.24, 2.45) is 5.92 Å². The van der Waals surface area contributed by atoms with Crippen molar-refractivity contribution in [1.29, 1.82) is 0 Å². The molecule has 6 rings (SSSR count). The molecule has 0 radical (unpaired) electrons. The van der Waals surface area contributed by atoms with Gasteiger partial charge in [0, 0.05) is 62.6 Å². The number of benzene rings is 2. The quantitative estimate of drug-likeness (QED) is 0.366. The Morgan fingerprint density at radius 2 is 1.74 bits per heavy atom. The van der Waals surface area contributed by atoms with E-state index in [1.165, 1.54) is 0 Å². The van der Waals surface area contributed by atoms with Crippen molar-refractivity contribution < 1.29 is 9.84 Å². The minimum absolute atomic E-state index is 0.184. The monoisotopic (exact) mass is 512 g/mol. The topological polar surface area (TPSA) is 96.6 Å². The number of rotatable bonds is 9. The molecule has 38 heavy (non-hydrogen) atoms. The zero-order chi connectivity index (χ0) is 25.9. The van der Waals surface area contributed by atoms with Crippen molar-refractivity contribution in [2.75, 3.05) is 44.2 Å². The number of hydrogen-bond acceptors (Lipinski definition) is 8. The number of nitrogens with zero attached hydrogens (tertiary/aromatic N) is 6. The predicted octanol–water partition coefficient (Wildman–Crippen LogP) is 2.83. The van der Waals surface area contributed by atoms with Crippen molar-refractivity contribution >= 4 is 16.9 Å². The third kappa shape index (κ3) is 5.54. The normalized spacial score (nSPS) is 17.0. The van der Waals surface area contributed by atoms with Crippen LogP contribution in [-0.4, -0.2) is 75.0 Å². The maximum absolute atomic E-state index is 13.0. The molecule has 0 amide bonds. The Morgan fingerprint density at radius 1 is 0.974 bits per heavy atom. The Balaban J connectivity index is 1.14. The largest absolute Gasteiger partial charge is 0.491 e. The standard InChI is InChI=1S/C29H32N6O3/c36-23(19-33-13-15-34(16-14-33)28-30-11-4-12-31-28)20-38-24-9-10-26-25(17-24)27(22-5-2-1-3-6-22)32-29(37)35(26)18-21-7-8-21/h1-6,9-12,17,21,23,36H,7-8,13-16,18-20H2. The van der Waals surface area contributed by atoms with Crippen LogP contribution < -0.4 is 15.3 Å². The Morgan fingerprint density at radius 3 is 2.47 bits per heavy atom. The first kappa shape index (κ1) is 24.5. The summed E-state index contributed by atoms with van der Waals surface area (Å²) in [7, 11) is 0. The summed E-state index contributed by atoms with van der Waals surface area (Å²) < 4.78 is 7.83. The van der Waals surface area contributed by atoms with Gasteiger partial charge in [0.1, 0.15) is 18.5 Å². The molecular weight excluding hydrogens is 480 g/mol. The summed E-state index contributed by atoms with van der Waals surface area (Å²) in [5.74, 6) is 1.95. The molecule has 1 aliphatic heterocycles. The maximum Gasteiger partial charge on any atom is 0.348 e. The average molecular weight is 513 g/mol. The zero-order valence-electron chi connectivity index (χ0n) is 21.3. The molecule has 0 spiro atoms. The van der Waals surface area contributed by atoms with E-state index in [9.17, 15) is 9.90 Å². The number of anilines is 1. The van der Waals surface area contributed by atoms with Crippen molar-refractivity contribution in [3.8, 4) is 17.0 Å². The lowest BCUT2D eigenvalue weighted by Gasteiger charge is -2.35. The summed E-state index contributed by atoms with van der Waals surface area (Å²) in [6.45, 7) is 4.71. The van der Waals surface area contributed by atoms with Crippen LogP contribution >= 0.6 is 0 Å². The van der Waals surface area contributed by atoms with Crippen LogP contribution in [0, 0.1) is 5.92 Å². The van der Waals surface area contributed by atoms with Crippen LogP contribution in [0.15, 0.2) is 71.8 Å². The van der Waals surface area contributed by atoms with E-state index in [4.69, 9.17) is 4.74 Å². The van der Waals surface area contributed by atoms with Gasteiger partial charge < -0.3 is 14.7 Å². The fraction of sp³-hybridized carbons (Fsp3) is 0.379. The molecule has 4 aromatic rings. The summed E-state index contributed by atoms with van der Waals surface area (Å²) in [5.41, 5.74) is 2.20. The van der Waals surface area contributed by atoms with E-state index in [1.54, 1.807) is 17.0 Å². The van der Waals surface area contributed by atoms with Gasteiger partial charge in [-0.15, -0.1) is 0 Å². The number of aromatic nitrogens is 4. The minimum atomic E-state index is -0.624. The third-order valence-corrected chi connectivity index (χ3v) is 7.26. The van der Waals surface area contributed by atoms with Crippen LogP contribution in [0.25, 0.3) is 22.2 Å². The van der Waals surface area contributed by atoms with Gasteiger partial charge >= 0.3 is 5.69 Å². The number of aliphatic hydroxyl groups is 1. The second-order valence-corrected chi connectivity index (χ2v) is 10.1. The summed E-state index contributed by atoms with van der Waals surface area (Å²) in [6, 6.07) is 17.4. The molecule has 3 heterocycles. The van der Waals surface area contributed by atoms with E-state index >= 15 is 0 Å². The summed E-state index contributed by atoms with van der Waals surface area (Å²) in [5, 5.41) is 11.6. The highest BCUT2D eigenvalue weighted by Gasteiger charge is 2.24. The highest BCUT2D eigenvalue weighted by atomic mass is 16.5. The van der Waals surface area contributed by atoms with E-state index in [0.717, 1.165) is 61.4 Å². The van der Waals surface area contributed by atoms with Gasteiger partial charge in [0.15, 0.2) is 0 Å². The highest BCUT2D eigenvalue weighted by Crippen LogP contribution is 2.33. The Labute approximate surface area is 221 Å². The molecule has 2 aliphatic rings. The molecule has 0 bridgehead atoms. The molecule has 2 aromatic carbocycles. The van der Waals surface area contributed by atoms with E-state index < -0.39 is 6.10 Å². The van der Waals surface area contributed by atoms with Crippen LogP contribution in [-0.2, 0) is 6.54 Å². The van der Waals surface area contributed by atoms with Gasteiger partial charge in [-0.3, -0.25) is 9.47 Å². The van der Waals surface area contributed by atoms with Gasteiger partial charge in [-0.25, -0.2) is 14.8 Å². The molecule has 1 atom stereocenters. The first-order valence-corrected chi connectivity index (χ1v) is 13.3. The van der Waals surface area contributed by atoms with E-state index in [2.05, 4.69) is 24.8 Å². The van der Waals surface area contributed by atoms with E-state index in [0.29, 0.717) is 30.5 Å². The van der Waals surface area contributed by atoms with Crippen LogP contribution in [0.1, 0.15) is 12.8 Å². The Hall–Kier alpha value is -3.82. The van der Waals surface area contributed by atoms with Crippen molar-refractivity contribution in [3.05, 3.63) is 77.5 Å². The lowest BCUT2D eigenvalue weighted by Crippen LogP contribution is -2.49. The van der Waals surface area contributed by atoms with Gasteiger partial charge in [0.05, 0.1) is 11.2 Å². The van der Waals surface area contributed by atoms with Crippen LogP contribution in [0.2, 0.25) is 0 Å². The number of ether oxygens (including phenoxy) is 1. The number of β-amino-alcohol motifs (C(OH)–C–C–N with tert-alkyl or cyclic N) is 1. The molecule has 9 heteroatoms. The lowest BCUT2D eigenvalue weighted by molar-refractivity contribution is 0.0662. The van der Waals surface area contributed by atoms with E-state index in [1.807, 2.05) is 54.6 Å². The lowest BCUT2D eigenvalue weighted by atomic mass is 10.1. The van der Waals surface area contributed by atoms with Crippen molar-refractivity contribution in [1.82, 2.24) is 24.4 Å². The zero-order valence-corrected chi connectivity index (χ0v) is 21.3. The fourth-order valence-electron chi connectivity index (χ4n) is 5.03. The SMILES string of the molecule is O=c1nc(-c2ccccc2)c2cc(OCC(O)CN3CCN(c4ncccn4)CC3)ccc2n1CC1CC1. The number of piperazine rings is 1. The molecule has 196 valence electrons. The van der Waals surface area contributed by atoms with Crippen LogP contribution in [0.3, 0.4) is 0 Å². The molecule has 1 N–H and O–H groups in total. The van der Waals surface area contributed by atoms with Gasteiger partial charge in [-0.1, -0.05) is 30.3 Å². The van der Waals surface area contributed by atoms with Crippen molar-refractivity contribution in [3.63, 3.8) is 0 Å². The van der Waals surface area contributed by atoms with Gasteiger partial charge in [-0.2, -0.15) is 4.98 Å². The van der Waals surface area contributed by atoms with Crippen LogP contribution in [0.5, 0.6) is 5.75 Å². The first-order valence-electron chi connectivity index (χ1n) is 13.3. The van der Waals surface area contributed by atoms with Gasteiger partial charge in [0.25, 0.3) is 0 Å². The second kappa shape index (κ2) is 10.9. The maximum atomic E-state index is 13.0. The van der Waals surface area contributed by atoms with E-state index in [-0.39, 0.29) is 12.3 Å². The Kier molecular flexibility index (Phi) is 7.02. The molecule has 2 aromatic heterocycles. The smallest absolute Gasteiger partial charge is 0.348 e. The third-order valence-electron chi connectivity index (χ3n) is 7.26. The number of aliphatic hydroxyl groups excluding tert-OH is 1. The molecule has 9 nitrogen and oxygen atoms in total. The predicted molar refractivity (Wildman–Crippen MR) is 146 cm³/mol. The summed E-state index contributed by atoms with van der Waals surface area (Å²) in [6.07, 6.45) is 5.20. The minimum Gasteiger partial charge on any atom is -0.491 e. The molecule has 1 saturated carbocycles. The molecule has 1 unspecified atom stereocenters. The molecule has 1 aliphatic carbocycles. The Bertz CT molecular complexity index is 1430. The van der Waals surface area contributed by atoms with Crippen LogP contribution in [0.4, 0.5) is 5.95 Å². The highest BCUT2D eigenvalue weighted by molar-refractivity contribution is 5.93. The fourth-order valence-corrected chi connectivity index (χ4v) is 5.03.